The third kappa shape index (κ3) is 2.76. The van der Waals surface area contributed by atoms with Gasteiger partial charge in [0, 0.05) is 7.05 Å². The largest absolute Gasteiger partial charge is 0.496 e. The minimum absolute atomic E-state index is 0.0500. The molecule has 0 aliphatic carbocycles. The first-order valence-electron chi connectivity index (χ1n) is 5.85. The molecule has 9 nitrogen and oxygen atoms in total. The van der Waals surface area contributed by atoms with Crippen LogP contribution in [0.3, 0.4) is 0 Å². The Hall–Kier alpha value is -3.10. The monoisotopic (exact) mass is 291 g/mol. The Morgan fingerprint density at radius 3 is 2.76 bits per heavy atom. The van der Waals surface area contributed by atoms with E-state index in [0.717, 1.165) is 0 Å². The average molecular weight is 291 g/mol. The standard InChI is InChI=1S/C12H13N5O4/c1-16-11(13)8(6-14-16)12(18)15-9-4-3-7(21-2)5-10(9)17(19)20/h3-6H,13H2,1-2H3,(H,15,18). The van der Waals surface area contributed by atoms with E-state index in [1.165, 1.54) is 36.2 Å². The van der Waals surface area contributed by atoms with Crippen molar-refractivity contribution in [2.75, 3.05) is 18.2 Å². The molecular weight excluding hydrogens is 278 g/mol. The summed E-state index contributed by atoms with van der Waals surface area (Å²) in [7, 11) is 2.98. The minimum atomic E-state index is -0.606. The number of carbonyl (C=O) groups excluding carboxylic acids is 1. The second-order valence-electron chi connectivity index (χ2n) is 4.16. The lowest BCUT2D eigenvalue weighted by Crippen LogP contribution is -2.14. The third-order valence-corrected chi connectivity index (χ3v) is 2.88. The van der Waals surface area contributed by atoms with E-state index in [2.05, 4.69) is 10.4 Å². The molecule has 110 valence electrons. The summed E-state index contributed by atoms with van der Waals surface area (Å²) >= 11 is 0. The summed E-state index contributed by atoms with van der Waals surface area (Å²) in [6, 6.07) is 4.12. The third-order valence-electron chi connectivity index (χ3n) is 2.88. The van der Waals surface area contributed by atoms with E-state index in [9.17, 15) is 14.9 Å². The van der Waals surface area contributed by atoms with E-state index >= 15 is 0 Å². The van der Waals surface area contributed by atoms with Crippen LogP contribution < -0.4 is 15.8 Å². The van der Waals surface area contributed by atoms with Crippen LogP contribution in [-0.4, -0.2) is 27.7 Å². The smallest absolute Gasteiger partial charge is 0.296 e. The van der Waals surface area contributed by atoms with Gasteiger partial charge in [0.25, 0.3) is 11.6 Å². The highest BCUT2D eigenvalue weighted by Crippen LogP contribution is 2.29. The average Bonchev–Trinajstić information content (AvgIpc) is 2.79. The number of nitro benzene ring substituents is 1. The van der Waals surface area contributed by atoms with Crippen molar-refractivity contribution < 1.29 is 14.5 Å². The van der Waals surface area contributed by atoms with Crippen LogP contribution in [0, 0.1) is 10.1 Å². The van der Waals surface area contributed by atoms with Gasteiger partial charge < -0.3 is 15.8 Å². The number of amides is 1. The fraction of sp³-hybridized carbons (Fsp3) is 0.167. The molecule has 0 aliphatic rings. The summed E-state index contributed by atoms with van der Waals surface area (Å²) in [5.74, 6) is -0.0851. The molecule has 0 spiro atoms. The summed E-state index contributed by atoms with van der Waals surface area (Å²) in [4.78, 5) is 22.5. The maximum Gasteiger partial charge on any atom is 0.296 e. The van der Waals surface area contributed by atoms with Crippen LogP contribution >= 0.6 is 0 Å². The number of anilines is 2. The summed E-state index contributed by atoms with van der Waals surface area (Å²) < 4.78 is 6.25. The van der Waals surface area contributed by atoms with Gasteiger partial charge in [-0.15, -0.1) is 0 Å². The molecule has 2 rings (SSSR count). The normalized spacial score (nSPS) is 10.2. The molecule has 1 amide bonds. The van der Waals surface area contributed by atoms with Crippen molar-refractivity contribution >= 4 is 23.1 Å². The molecule has 0 radical (unpaired) electrons. The number of ether oxygens (including phenoxy) is 1. The Labute approximate surface area is 119 Å². The Balaban J connectivity index is 2.33. The van der Waals surface area contributed by atoms with Gasteiger partial charge in [-0.05, 0) is 12.1 Å². The number of carbonyl (C=O) groups is 1. The second-order valence-corrected chi connectivity index (χ2v) is 4.16. The number of aromatic nitrogens is 2. The lowest BCUT2D eigenvalue weighted by molar-refractivity contribution is -0.384. The molecule has 0 saturated carbocycles. The number of benzene rings is 1. The molecule has 9 heteroatoms. The second kappa shape index (κ2) is 5.49. The van der Waals surface area contributed by atoms with Crippen molar-refractivity contribution in [1.82, 2.24) is 9.78 Å². The quantitative estimate of drug-likeness (QED) is 0.643. The SMILES string of the molecule is COc1ccc(NC(=O)c2cnn(C)c2N)c([N+](=O)[O-])c1. The van der Waals surface area contributed by atoms with Crippen molar-refractivity contribution in [3.8, 4) is 5.75 Å². The Morgan fingerprint density at radius 1 is 1.52 bits per heavy atom. The zero-order valence-electron chi connectivity index (χ0n) is 11.4. The van der Waals surface area contributed by atoms with E-state index in [1.807, 2.05) is 0 Å². The molecule has 0 fully saturated rings. The number of hydrogen-bond acceptors (Lipinski definition) is 6. The predicted octanol–water partition coefficient (Wildman–Crippen LogP) is 1.17. The van der Waals surface area contributed by atoms with Gasteiger partial charge in [0.1, 0.15) is 22.8 Å². The molecule has 0 unspecified atom stereocenters. The first kappa shape index (κ1) is 14.3. The highest BCUT2D eigenvalue weighted by molar-refractivity contribution is 6.08. The van der Waals surface area contributed by atoms with Crippen molar-refractivity contribution in [2.24, 2.45) is 7.05 Å². The zero-order valence-corrected chi connectivity index (χ0v) is 11.4. The van der Waals surface area contributed by atoms with Crippen LogP contribution in [0.1, 0.15) is 10.4 Å². The molecule has 1 aromatic carbocycles. The number of nitrogens with two attached hydrogens (primary N) is 1. The topological polar surface area (TPSA) is 125 Å². The summed E-state index contributed by atoms with van der Waals surface area (Å²) in [6.07, 6.45) is 1.29. The van der Waals surface area contributed by atoms with Gasteiger partial charge in [-0.25, -0.2) is 0 Å². The molecule has 0 bridgehead atoms. The lowest BCUT2D eigenvalue weighted by atomic mass is 10.2. The van der Waals surface area contributed by atoms with E-state index < -0.39 is 10.8 Å². The molecule has 21 heavy (non-hydrogen) atoms. The van der Waals surface area contributed by atoms with Gasteiger partial charge in [-0.2, -0.15) is 5.10 Å². The number of nitrogen functional groups attached to an aromatic ring is 1. The molecule has 1 aromatic heterocycles. The van der Waals surface area contributed by atoms with Gasteiger partial charge in [-0.1, -0.05) is 0 Å². The van der Waals surface area contributed by atoms with E-state index in [-0.39, 0.29) is 22.8 Å². The molecule has 0 aliphatic heterocycles. The van der Waals surface area contributed by atoms with Crippen LogP contribution in [0.15, 0.2) is 24.4 Å². The predicted molar refractivity (Wildman–Crippen MR) is 75.2 cm³/mol. The number of aryl methyl sites for hydroxylation is 1. The van der Waals surface area contributed by atoms with Crippen LogP contribution in [0.25, 0.3) is 0 Å². The summed E-state index contributed by atoms with van der Waals surface area (Å²) in [5, 5.41) is 17.3. The summed E-state index contributed by atoms with van der Waals surface area (Å²) in [5.41, 5.74) is 5.60. The fourth-order valence-electron chi connectivity index (χ4n) is 1.71. The van der Waals surface area contributed by atoms with E-state index in [0.29, 0.717) is 5.75 Å². The van der Waals surface area contributed by atoms with Crippen molar-refractivity contribution in [2.45, 2.75) is 0 Å². The van der Waals surface area contributed by atoms with E-state index in [1.54, 1.807) is 7.05 Å². The molecule has 1 heterocycles. The molecular formula is C12H13N5O4. The van der Waals surface area contributed by atoms with Crippen molar-refractivity contribution in [1.29, 1.82) is 0 Å². The number of methoxy groups -OCH3 is 1. The number of rotatable bonds is 4. The Morgan fingerprint density at radius 2 is 2.24 bits per heavy atom. The van der Waals surface area contributed by atoms with E-state index in [4.69, 9.17) is 10.5 Å². The van der Waals surface area contributed by atoms with Gasteiger partial charge in [0.2, 0.25) is 0 Å². The lowest BCUT2D eigenvalue weighted by Gasteiger charge is -2.07. The van der Waals surface area contributed by atoms with Crippen molar-refractivity contribution in [3.05, 3.63) is 40.1 Å². The zero-order chi connectivity index (χ0) is 15.6. The first-order chi connectivity index (χ1) is 9.93. The maximum absolute atomic E-state index is 12.1. The summed E-state index contributed by atoms with van der Waals surface area (Å²) in [6.45, 7) is 0. The van der Waals surface area contributed by atoms with Crippen LogP contribution in [0.4, 0.5) is 17.2 Å². The number of nitrogens with zero attached hydrogens (tertiary/aromatic N) is 3. The molecule has 2 aromatic rings. The van der Waals surface area contributed by atoms with Crippen LogP contribution in [0.5, 0.6) is 5.75 Å². The van der Waals surface area contributed by atoms with Gasteiger partial charge in [0.15, 0.2) is 0 Å². The van der Waals surface area contributed by atoms with Crippen molar-refractivity contribution in [3.63, 3.8) is 0 Å². The van der Waals surface area contributed by atoms with Gasteiger partial charge >= 0.3 is 0 Å². The highest BCUT2D eigenvalue weighted by atomic mass is 16.6. The van der Waals surface area contributed by atoms with Crippen LogP contribution in [0.2, 0.25) is 0 Å². The van der Waals surface area contributed by atoms with Gasteiger partial charge in [0.05, 0.1) is 24.3 Å². The number of nitrogens with one attached hydrogen (secondary N) is 1. The Bertz CT molecular complexity index is 710. The number of hydrogen-bond donors (Lipinski definition) is 2. The minimum Gasteiger partial charge on any atom is -0.496 e. The molecule has 0 saturated heterocycles. The van der Waals surface area contributed by atoms with Crippen LogP contribution in [-0.2, 0) is 7.05 Å². The molecule has 0 atom stereocenters. The highest BCUT2D eigenvalue weighted by Gasteiger charge is 2.20. The maximum atomic E-state index is 12.1. The molecule has 3 N–H and O–H groups in total. The fourth-order valence-corrected chi connectivity index (χ4v) is 1.71. The number of nitro groups is 1. The first-order valence-corrected chi connectivity index (χ1v) is 5.85. The van der Waals surface area contributed by atoms with Gasteiger partial charge in [-0.3, -0.25) is 19.6 Å². The Kier molecular flexibility index (Phi) is 3.74.